The molecule has 1 aliphatic heterocycles. The van der Waals surface area contributed by atoms with E-state index < -0.39 is 39.7 Å². The first-order chi connectivity index (χ1) is 70.1. The highest BCUT2D eigenvalue weighted by atomic mass is 32.2. The van der Waals surface area contributed by atoms with Crippen molar-refractivity contribution in [1.29, 1.82) is 0 Å². The van der Waals surface area contributed by atoms with E-state index in [1.54, 1.807) is 0 Å². The number of carbonyl (C=O) groups is 5. The van der Waals surface area contributed by atoms with E-state index in [0.717, 1.165) is 106 Å². The number of benzene rings is 12. The third-order valence-electron chi connectivity index (χ3n) is 27.8. The van der Waals surface area contributed by atoms with Gasteiger partial charge in [0, 0.05) is 43.5 Å². The molecule has 0 spiro atoms. The van der Waals surface area contributed by atoms with E-state index in [1.807, 2.05) is 84.9 Å². The SMILES string of the molecule is CC(O)(C(=O)[O-])C(F)(F)F.CCC12CCC(CC1=O)C2(C)C.CCCCCCCCCCCC(=O)OCCN1CCOCC1.O=C(OCCS(=O)(=O)[O-])C12CC3CC(CC(C3)C1)C2.O=C(OCc1ccccc1)n1c(-c2ccccc2)nc2ccccc21.c1ccc([S+](c2ccccc2)c2ccccc2)cc1.c1ccc([S+](c2ccccc2)c2ccccc2)cc1.c1ccc([S+](c2ccccc2)c2ccccc2)cc1. The van der Waals surface area contributed by atoms with E-state index in [2.05, 4.69) is 311 Å². The number of esters is 2. The maximum absolute atomic E-state index is 12.8. The van der Waals surface area contributed by atoms with E-state index in [-0.39, 0.29) is 75.6 Å². The first-order valence-corrected chi connectivity index (χ1v) is 55.9. The van der Waals surface area contributed by atoms with Crippen molar-refractivity contribution in [3.05, 3.63) is 363 Å². The van der Waals surface area contributed by atoms with Gasteiger partial charge in [-0.05, 0) is 227 Å². The molecule has 1 aromatic heterocycles. The van der Waals surface area contributed by atoms with Crippen LogP contribution in [0.1, 0.15) is 169 Å². The minimum Gasteiger partial charge on any atom is -0.748 e. The molecule has 145 heavy (non-hydrogen) atoms. The fourth-order valence-electron chi connectivity index (χ4n) is 20.2. The summed E-state index contributed by atoms with van der Waals surface area (Å²) in [7, 11) is -4.35. The fourth-order valence-corrected chi connectivity index (χ4v) is 26.8. The molecule has 6 saturated carbocycles. The molecular formula is C121H137F3N3O14S4+. The summed E-state index contributed by atoms with van der Waals surface area (Å²) in [5, 5.41) is 17.7. The Morgan fingerprint density at radius 1 is 0.490 bits per heavy atom. The number of aliphatic carboxylic acids is 1. The molecule has 12 aromatic carbocycles. The quantitative estimate of drug-likeness (QED) is 0.0140. The molecule has 3 atom stereocenters. The summed E-state index contributed by atoms with van der Waals surface area (Å²) in [5.41, 5.74) is -0.459. The maximum Gasteiger partial charge on any atom is 0.422 e. The van der Waals surface area contributed by atoms with E-state index in [9.17, 15) is 55.2 Å². The fraction of sp³-hybridized carbons (Fsp3) is 0.355. The average Bonchev–Trinajstić information content (AvgIpc) is 1.55. The first kappa shape index (κ1) is 112. The highest BCUT2D eigenvalue weighted by molar-refractivity contribution is 7.97. The number of fused-ring (bicyclic) bond motifs is 3. The van der Waals surface area contributed by atoms with Gasteiger partial charge < -0.3 is 38.5 Å². The first-order valence-electron chi connectivity index (χ1n) is 50.6. The van der Waals surface area contributed by atoms with Crippen molar-refractivity contribution in [3.8, 4) is 11.4 Å². The standard InChI is InChI=1S/C21H16N2O2.C18H35NO3.3C18H15S.C13H20O5S.C11H18O.C4H5F3O3/c24-21(25-15-16-9-3-1-4-10-16)23-19-14-8-7-13-18(19)22-20(23)17-11-5-2-6-12-17;1-2-3-4-5-6-7-8-9-10-11-18(20)22-17-14-19-12-15-21-16-13-19;3*1-4-10-16(11-5-1)19(17-12-6-2-7-13-17)18-14-8-3-9-15-18;14-12(18-1-2-19(15,16)17)13-6-9-3-10(7-13)5-11(4-9)8-13;1-4-11-6-5-8(7-9(11)12)10(11,2)3;1-3(10,2(8)9)4(5,6)7/h1-14H,15H2;2-17H2,1H3;3*1-15H;9-11H,1-8H2,(H,15,16,17);8H,4-7H2,1-3H3;10H,1H3,(H,8,9)/q;;3*+1;;;/p-2. The van der Waals surface area contributed by atoms with Crippen LogP contribution >= 0.6 is 0 Å². The Morgan fingerprint density at radius 3 is 1.18 bits per heavy atom. The molecule has 13 aromatic rings. The summed E-state index contributed by atoms with van der Waals surface area (Å²) >= 11 is 0. The highest BCUT2D eigenvalue weighted by Gasteiger charge is 2.63. The molecule has 764 valence electrons. The van der Waals surface area contributed by atoms with Crippen LogP contribution in [-0.4, -0.2) is 126 Å². The largest absolute Gasteiger partial charge is 0.748 e. The van der Waals surface area contributed by atoms with E-state index >= 15 is 0 Å². The summed E-state index contributed by atoms with van der Waals surface area (Å²) < 4.78 is 88.5. The van der Waals surface area contributed by atoms with Crippen LogP contribution < -0.4 is 5.11 Å². The number of rotatable bonds is 31. The van der Waals surface area contributed by atoms with E-state index in [0.29, 0.717) is 53.7 Å². The zero-order valence-corrected chi connectivity index (χ0v) is 87.0. The van der Waals surface area contributed by atoms with Gasteiger partial charge in [-0.1, -0.05) is 316 Å². The van der Waals surface area contributed by atoms with Crippen molar-refractivity contribution in [2.45, 2.75) is 225 Å². The molecule has 20 rings (SSSR count). The lowest BCUT2D eigenvalue weighted by Gasteiger charge is -2.55. The second-order valence-corrected chi connectivity index (χ2v) is 45.7. The molecule has 7 aliphatic rings. The van der Waals surface area contributed by atoms with Gasteiger partial charge in [-0.2, -0.15) is 13.2 Å². The Labute approximate surface area is 863 Å². The number of carbonyl (C=O) groups excluding carboxylic acids is 5. The predicted octanol–water partition coefficient (Wildman–Crippen LogP) is 26.1. The van der Waals surface area contributed by atoms with Gasteiger partial charge in [0.05, 0.1) is 84.2 Å². The number of morpholine rings is 1. The van der Waals surface area contributed by atoms with Crippen LogP contribution in [0.15, 0.2) is 402 Å². The molecular weight excluding hydrogens is 1900 g/mol. The number of para-hydroxylation sites is 2. The van der Waals surface area contributed by atoms with Crippen LogP contribution in [0.3, 0.4) is 0 Å². The molecule has 6 bridgehead atoms. The van der Waals surface area contributed by atoms with Crippen LogP contribution in [0, 0.1) is 39.9 Å². The molecule has 1 N–H and O–H groups in total. The lowest BCUT2D eigenvalue weighted by atomic mass is 9.49. The zero-order chi connectivity index (χ0) is 103. The molecule has 24 heteroatoms. The Morgan fingerprint density at radius 2 is 0.848 bits per heavy atom. The number of alkyl halides is 3. The summed E-state index contributed by atoms with van der Waals surface area (Å²) in [6, 6.07) is 123. The zero-order valence-electron chi connectivity index (χ0n) is 83.7. The third-order valence-corrected chi connectivity index (χ3v) is 35.1. The number of carboxylic acid groups (broad SMARTS) is 1. The number of hydrogen-bond acceptors (Lipinski definition) is 16. The number of hydrogen-bond donors (Lipinski definition) is 1. The molecule has 0 radical (unpaired) electrons. The predicted molar refractivity (Wildman–Crippen MR) is 568 cm³/mol. The molecule has 7 fully saturated rings. The number of carboxylic acids is 1. The maximum atomic E-state index is 12.8. The number of aromatic nitrogens is 2. The minimum absolute atomic E-state index is 0.0146. The number of imidazole rings is 1. The lowest BCUT2D eigenvalue weighted by molar-refractivity contribution is -0.351. The number of ether oxygens (including phenoxy) is 4. The number of aliphatic hydroxyl groups is 1. The topological polar surface area (TPSA) is 244 Å². The van der Waals surface area contributed by atoms with Crippen molar-refractivity contribution in [1.82, 2.24) is 14.5 Å². The Hall–Kier alpha value is -11.7. The molecule has 17 nitrogen and oxygen atoms in total. The summed E-state index contributed by atoms with van der Waals surface area (Å²) in [6.07, 6.45) is 17.2. The molecule has 2 heterocycles. The van der Waals surface area contributed by atoms with Gasteiger partial charge in [0.2, 0.25) is 0 Å². The number of nitrogens with zero attached hydrogens (tertiary/aromatic N) is 3. The smallest absolute Gasteiger partial charge is 0.422 e. The van der Waals surface area contributed by atoms with Crippen molar-refractivity contribution >= 4 is 83.6 Å². The summed E-state index contributed by atoms with van der Waals surface area (Å²) in [4.78, 5) is 77.2. The van der Waals surface area contributed by atoms with Gasteiger partial charge >= 0.3 is 24.2 Å². The lowest BCUT2D eigenvalue weighted by Crippen LogP contribution is -2.56. The van der Waals surface area contributed by atoms with Crippen LogP contribution in [0.5, 0.6) is 0 Å². The van der Waals surface area contributed by atoms with Crippen LogP contribution in [0.2, 0.25) is 0 Å². The molecule has 3 unspecified atom stereocenters. The normalized spacial score (nSPS) is 18.6. The van der Waals surface area contributed by atoms with Gasteiger partial charge in [-0.3, -0.25) is 19.3 Å². The van der Waals surface area contributed by atoms with Crippen LogP contribution in [-0.2, 0) is 87.5 Å². The second-order valence-electron chi connectivity index (χ2n) is 38.1. The van der Waals surface area contributed by atoms with Crippen molar-refractivity contribution < 1.29 is 79.3 Å². The number of unbranched alkanes of at least 4 members (excludes halogenated alkanes) is 8. The number of halogens is 3. The van der Waals surface area contributed by atoms with E-state index in [4.69, 9.17) is 24.1 Å². The van der Waals surface area contributed by atoms with Crippen molar-refractivity contribution in [2.75, 3.05) is 51.8 Å². The Balaban J connectivity index is 0.000000149. The van der Waals surface area contributed by atoms with Gasteiger partial charge in [0.15, 0.2) is 55.5 Å². The molecule has 1 saturated heterocycles. The monoisotopic (exact) mass is 2040 g/mol. The van der Waals surface area contributed by atoms with Gasteiger partial charge in [-0.25, -0.2) is 22.8 Å². The third kappa shape index (κ3) is 32.6. The van der Waals surface area contributed by atoms with Gasteiger partial charge in [-0.15, -0.1) is 0 Å². The van der Waals surface area contributed by atoms with Crippen LogP contribution in [0.4, 0.5) is 18.0 Å². The second kappa shape index (κ2) is 56.3. The van der Waals surface area contributed by atoms with Crippen molar-refractivity contribution in [3.63, 3.8) is 0 Å². The highest BCUT2D eigenvalue weighted by Crippen LogP contribution is 2.65. The van der Waals surface area contributed by atoms with Crippen molar-refractivity contribution in [2.24, 2.45) is 39.9 Å². The molecule has 6 aliphatic carbocycles. The Bertz CT molecular complexity index is 5570. The minimum atomic E-state index is -5.19. The Kier molecular flexibility index (Phi) is 43.5. The number of ketones is 1. The van der Waals surface area contributed by atoms with Gasteiger partial charge in [0.1, 0.15) is 25.6 Å². The molecule has 0 amide bonds. The summed E-state index contributed by atoms with van der Waals surface area (Å²) in [5.74, 6) is 0.263. The van der Waals surface area contributed by atoms with Crippen LogP contribution in [0.25, 0.3) is 22.4 Å². The average molecular weight is 2040 g/mol. The van der Waals surface area contributed by atoms with E-state index in [1.165, 1.54) is 119 Å². The summed E-state index contributed by atoms with van der Waals surface area (Å²) in [6.45, 7) is 13.9. The van der Waals surface area contributed by atoms with Gasteiger partial charge in [0.25, 0.3) is 0 Å². The number of Topliss-reactive ketones (excluding diaryl/α,β-unsaturated/α-hetero) is 1.